The first kappa shape index (κ1) is 67.8. The molecule has 14 nitrogen and oxygen atoms in total. The minimum absolute atomic E-state index is 0.235. The highest BCUT2D eigenvalue weighted by atomic mass is 16.7. The number of carbonyl (C=O) groups is 1. The normalized spacial score (nSPS) is 25.9. The standard InChI is InChI=1S/C61H101NO13/c1-3-5-7-9-11-13-14-15-16-17-18-19-20-21-22-23-24-25-26-27-28-29-30-31-32-33-34-35-36-37-39-41-43-45-53(66)62-49(50(65)44-42-40-38-12-10-8-6-4-2)48-72-60-58(71)56(69)59(52(47-64)74-60)75-61-57(70)55(68)54(67)51(46-63)73-61/h5,7,11,13,15-16,18-19,21-22,24-25,27-28,30-31,33-34,49-52,54-61,63-65,67-71H,3-4,6,8-10,12,14,17,20,23,26,29,32,35-48H2,1-2H3,(H,62,66)/b7-5-,13-11-,16-15-,19-18-,22-21-,25-24-,28-27-,31-30-,34-33-. The third-order valence-corrected chi connectivity index (χ3v) is 13.3. The highest BCUT2D eigenvalue weighted by Gasteiger charge is 2.51. The van der Waals surface area contributed by atoms with E-state index in [0.29, 0.717) is 12.8 Å². The van der Waals surface area contributed by atoms with Crippen LogP contribution in [0.25, 0.3) is 0 Å². The molecule has 0 saturated carbocycles. The Bertz CT molecular complexity index is 1670. The molecule has 0 aromatic rings. The molecular formula is C61H101NO13. The Hall–Kier alpha value is -3.35. The minimum Gasteiger partial charge on any atom is -0.394 e. The molecule has 2 rings (SSSR count). The SMILES string of the molecule is CC/C=C\C/C=C\C/C=C\C/C=C\C/C=C\C/C=C\C/C=C\C/C=C\C/C=C\CCCCCCCC(=O)NC(COC1OC(CO)C(OC2OC(CO)C(O)C(O)C2O)C(O)C1O)C(O)CCCCCCCCCC. The average molecular weight is 1060 g/mol. The fourth-order valence-electron chi connectivity index (χ4n) is 8.64. The molecule has 0 aromatic heterocycles. The number of aliphatic hydroxyl groups is 8. The van der Waals surface area contributed by atoms with E-state index in [1.165, 1.54) is 25.7 Å². The number of amides is 1. The molecule has 2 fully saturated rings. The van der Waals surface area contributed by atoms with E-state index in [2.05, 4.69) is 129 Å². The van der Waals surface area contributed by atoms with Crippen molar-refractivity contribution in [2.75, 3.05) is 19.8 Å². The van der Waals surface area contributed by atoms with Gasteiger partial charge in [-0.05, 0) is 83.5 Å². The Kier molecular flexibility index (Phi) is 41.2. The topological polar surface area (TPSA) is 228 Å². The van der Waals surface area contributed by atoms with Gasteiger partial charge in [-0.25, -0.2) is 0 Å². The molecular weight excluding hydrogens is 955 g/mol. The van der Waals surface area contributed by atoms with Gasteiger partial charge in [0, 0.05) is 6.42 Å². The fourth-order valence-corrected chi connectivity index (χ4v) is 8.64. The first-order valence-electron chi connectivity index (χ1n) is 28.6. The number of unbranched alkanes of at least 4 members (excludes halogenated alkanes) is 12. The Morgan fingerprint density at radius 1 is 0.493 bits per heavy atom. The Morgan fingerprint density at radius 2 is 0.920 bits per heavy atom. The first-order chi connectivity index (χ1) is 36.6. The summed E-state index contributed by atoms with van der Waals surface area (Å²) in [5, 5.41) is 86.8. The summed E-state index contributed by atoms with van der Waals surface area (Å²) < 4.78 is 22.7. The molecule has 2 saturated heterocycles. The quantitative estimate of drug-likeness (QED) is 0.0205. The van der Waals surface area contributed by atoms with Crippen molar-refractivity contribution in [2.24, 2.45) is 0 Å². The van der Waals surface area contributed by atoms with Crippen molar-refractivity contribution >= 4 is 5.91 Å². The molecule has 2 aliphatic rings. The van der Waals surface area contributed by atoms with Crippen molar-refractivity contribution in [1.82, 2.24) is 5.32 Å². The number of carbonyl (C=O) groups excluding carboxylic acids is 1. The van der Waals surface area contributed by atoms with E-state index >= 15 is 0 Å². The second-order valence-electron chi connectivity index (χ2n) is 19.7. The summed E-state index contributed by atoms with van der Waals surface area (Å²) in [4.78, 5) is 13.2. The number of rotatable bonds is 43. The zero-order valence-corrected chi connectivity index (χ0v) is 45.7. The molecule has 0 bridgehead atoms. The predicted molar refractivity (Wildman–Crippen MR) is 299 cm³/mol. The number of hydrogen-bond acceptors (Lipinski definition) is 13. The van der Waals surface area contributed by atoms with Crippen LogP contribution in [0.15, 0.2) is 109 Å². The molecule has 12 unspecified atom stereocenters. The zero-order chi connectivity index (χ0) is 54.6. The van der Waals surface area contributed by atoms with Gasteiger partial charge in [0.1, 0.15) is 48.8 Å². The van der Waals surface area contributed by atoms with Crippen molar-refractivity contribution < 1.29 is 64.6 Å². The van der Waals surface area contributed by atoms with Crippen LogP contribution in [0.2, 0.25) is 0 Å². The van der Waals surface area contributed by atoms with Crippen LogP contribution in [-0.2, 0) is 23.7 Å². The summed E-state index contributed by atoms with van der Waals surface area (Å²) in [6.07, 6.45) is 46.9. The van der Waals surface area contributed by atoms with Gasteiger partial charge < -0.3 is 65.1 Å². The second-order valence-corrected chi connectivity index (χ2v) is 19.7. The lowest BCUT2D eigenvalue weighted by molar-refractivity contribution is -0.359. The van der Waals surface area contributed by atoms with E-state index in [4.69, 9.17) is 18.9 Å². The second kappa shape index (κ2) is 45.6. The van der Waals surface area contributed by atoms with Gasteiger partial charge in [0.05, 0.1) is 32.0 Å². The van der Waals surface area contributed by atoms with Crippen LogP contribution in [0.4, 0.5) is 0 Å². The minimum atomic E-state index is -1.79. The smallest absolute Gasteiger partial charge is 0.220 e. The van der Waals surface area contributed by atoms with Gasteiger partial charge in [0.2, 0.25) is 5.91 Å². The van der Waals surface area contributed by atoms with E-state index in [1.54, 1.807) is 0 Å². The molecule has 12 atom stereocenters. The van der Waals surface area contributed by atoms with Gasteiger partial charge in [-0.1, -0.05) is 194 Å². The van der Waals surface area contributed by atoms with E-state index in [1.807, 2.05) is 0 Å². The molecule has 75 heavy (non-hydrogen) atoms. The maximum absolute atomic E-state index is 13.2. The molecule has 0 radical (unpaired) electrons. The number of hydrogen-bond donors (Lipinski definition) is 9. The average Bonchev–Trinajstić information content (AvgIpc) is 3.41. The predicted octanol–water partition coefficient (Wildman–Crippen LogP) is 9.27. The van der Waals surface area contributed by atoms with Crippen LogP contribution in [0, 0.1) is 0 Å². The zero-order valence-electron chi connectivity index (χ0n) is 45.7. The lowest BCUT2D eigenvalue weighted by atomic mass is 9.97. The van der Waals surface area contributed by atoms with Gasteiger partial charge in [-0.3, -0.25) is 4.79 Å². The van der Waals surface area contributed by atoms with E-state index < -0.39 is 86.8 Å². The molecule has 0 spiro atoms. The van der Waals surface area contributed by atoms with Gasteiger partial charge in [-0.15, -0.1) is 0 Å². The number of nitrogens with one attached hydrogen (secondary N) is 1. The molecule has 2 heterocycles. The molecule has 1 amide bonds. The van der Waals surface area contributed by atoms with Crippen molar-refractivity contribution in [3.63, 3.8) is 0 Å². The summed E-state index contributed by atoms with van der Waals surface area (Å²) in [7, 11) is 0. The number of allylic oxidation sites excluding steroid dienone is 18. The number of aliphatic hydroxyl groups excluding tert-OH is 8. The summed E-state index contributed by atoms with van der Waals surface area (Å²) >= 11 is 0. The maximum Gasteiger partial charge on any atom is 0.220 e. The molecule has 0 aliphatic carbocycles. The van der Waals surface area contributed by atoms with Crippen molar-refractivity contribution in [3.8, 4) is 0 Å². The lowest BCUT2D eigenvalue weighted by Crippen LogP contribution is -2.65. The molecule has 2 aliphatic heterocycles. The lowest BCUT2D eigenvalue weighted by Gasteiger charge is -2.46. The highest BCUT2D eigenvalue weighted by molar-refractivity contribution is 5.76. The van der Waals surface area contributed by atoms with E-state index in [9.17, 15) is 45.6 Å². The largest absolute Gasteiger partial charge is 0.394 e. The highest BCUT2D eigenvalue weighted by Crippen LogP contribution is 2.30. The van der Waals surface area contributed by atoms with Crippen molar-refractivity contribution in [3.05, 3.63) is 109 Å². The van der Waals surface area contributed by atoms with Gasteiger partial charge in [-0.2, -0.15) is 0 Å². The summed E-state index contributed by atoms with van der Waals surface area (Å²) in [6.45, 7) is 2.66. The monoisotopic (exact) mass is 1060 g/mol. The number of ether oxygens (including phenoxy) is 4. The van der Waals surface area contributed by atoms with Gasteiger partial charge >= 0.3 is 0 Å². The molecule has 0 aromatic carbocycles. The van der Waals surface area contributed by atoms with Crippen LogP contribution in [0.5, 0.6) is 0 Å². The third-order valence-electron chi connectivity index (χ3n) is 13.3. The summed E-state index contributed by atoms with van der Waals surface area (Å²) in [5.74, 6) is -0.235. The van der Waals surface area contributed by atoms with Crippen LogP contribution < -0.4 is 5.32 Å². The van der Waals surface area contributed by atoms with Crippen LogP contribution >= 0.6 is 0 Å². The first-order valence-corrected chi connectivity index (χ1v) is 28.6. The third kappa shape index (κ3) is 31.6. The maximum atomic E-state index is 13.2. The van der Waals surface area contributed by atoms with Crippen molar-refractivity contribution in [1.29, 1.82) is 0 Å². The molecule has 428 valence electrons. The van der Waals surface area contributed by atoms with Crippen LogP contribution in [0.1, 0.15) is 174 Å². The van der Waals surface area contributed by atoms with Gasteiger partial charge in [0.25, 0.3) is 0 Å². The molecule has 9 N–H and O–H groups in total. The Labute approximate surface area is 451 Å². The van der Waals surface area contributed by atoms with Crippen molar-refractivity contribution in [2.45, 2.75) is 248 Å². The fraction of sp³-hybridized carbons (Fsp3) is 0.689. The van der Waals surface area contributed by atoms with Gasteiger partial charge in [0.15, 0.2) is 12.6 Å². The van der Waals surface area contributed by atoms with E-state index in [-0.39, 0.29) is 18.9 Å². The summed E-state index contributed by atoms with van der Waals surface area (Å²) in [5.41, 5.74) is 0. The summed E-state index contributed by atoms with van der Waals surface area (Å²) in [6, 6.07) is -0.845. The van der Waals surface area contributed by atoms with E-state index in [0.717, 1.165) is 116 Å². The Balaban J connectivity index is 1.66. The van der Waals surface area contributed by atoms with Crippen LogP contribution in [0.3, 0.4) is 0 Å². The Morgan fingerprint density at radius 3 is 1.41 bits per heavy atom. The van der Waals surface area contributed by atoms with Crippen LogP contribution in [-0.4, -0.2) is 140 Å². The molecule has 14 heteroatoms.